The highest BCUT2D eigenvalue weighted by atomic mass is 32.2. The van der Waals surface area contributed by atoms with Gasteiger partial charge >= 0.3 is 0 Å². The van der Waals surface area contributed by atoms with Crippen molar-refractivity contribution in [1.29, 1.82) is 0 Å². The topological polar surface area (TPSA) is 89.7 Å². The number of ether oxygens (including phenoxy) is 3. The number of fused-ring (bicyclic) bond motifs is 2. The highest BCUT2D eigenvalue weighted by Gasteiger charge is 2.14. The molecule has 3 aromatic rings. The molecule has 0 fully saturated rings. The molecular formula is C20H22N2O5S. The second-order valence-electron chi connectivity index (χ2n) is 6.54. The quantitative estimate of drug-likeness (QED) is 0.537. The number of hydrogen-bond donors (Lipinski definition) is 2. The number of hydrogen-bond acceptors (Lipinski definition) is 5. The van der Waals surface area contributed by atoms with Crippen molar-refractivity contribution < 1.29 is 22.6 Å². The Hall–Kier alpha value is -2.71. The van der Waals surface area contributed by atoms with E-state index in [1.165, 1.54) is 0 Å². The number of benzene rings is 2. The summed E-state index contributed by atoms with van der Waals surface area (Å²) in [4.78, 5) is 3.20. The van der Waals surface area contributed by atoms with Crippen molar-refractivity contribution in [3.8, 4) is 17.2 Å². The lowest BCUT2D eigenvalue weighted by Crippen LogP contribution is -2.29. The predicted molar refractivity (Wildman–Crippen MR) is 106 cm³/mol. The molecule has 0 saturated carbocycles. The monoisotopic (exact) mass is 402 g/mol. The van der Waals surface area contributed by atoms with E-state index >= 15 is 0 Å². The van der Waals surface area contributed by atoms with Crippen LogP contribution in [0, 0.1) is 0 Å². The van der Waals surface area contributed by atoms with Crippen molar-refractivity contribution in [1.82, 2.24) is 9.71 Å². The summed E-state index contributed by atoms with van der Waals surface area (Å²) in [5.74, 6) is 1.98. The fourth-order valence-corrected chi connectivity index (χ4v) is 4.21. The molecule has 2 heterocycles. The first kappa shape index (κ1) is 18.6. The summed E-state index contributed by atoms with van der Waals surface area (Å²) >= 11 is 0. The van der Waals surface area contributed by atoms with E-state index in [-0.39, 0.29) is 12.5 Å². The zero-order chi connectivity index (χ0) is 19.4. The van der Waals surface area contributed by atoms with Crippen molar-refractivity contribution in [3.63, 3.8) is 0 Å². The normalized spacial score (nSPS) is 13.1. The van der Waals surface area contributed by atoms with Gasteiger partial charge in [0.15, 0.2) is 11.5 Å². The molecule has 0 aliphatic carbocycles. The molecule has 0 amide bonds. The Balaban J connectivity index is 1.20. The van der Waals surface area contributed by atoms with Gasteiger partial charge in [-0.3, -0.25) is 0 Å². The summed E-state index contributed by atoms with van der Waals surface area (Å²) in [7, 11) is -3.34. The highest BCUT2D eigenvalue weighted by molar-refractivity contribution is 7.89. The third kappa shape index (κ3) is 4.40. The second-order valence-corrected chi connectivity index (χ2v) is 8.47. The van der Waals surface area contributed by atoms with Gasteiger partial charge in [-0.2, -0.15) is 0 Å². The van der Waals surface area contributed by atoms with E-state index < -0.39 is 10.0 Å². The molecule has 2 N–H and O–H groups in total. The second kappa shape index (κ2) is 8.12. The molecule has 4 rings (SSSR count). The lowest BCUT2D eigenvalue weighted by molar-refractivity contribution is 0.173. The van der Waals surface area contributed by atoms with Gasteiger partial charge in [-0.25, -0.2) is 13.1 Å². The third-order valence-corrected chi connectivity index (χ3v) is 6.03. The maximum Gasteiger partial charge on any atom is 0.231 e. The molecule has 0 bridgehead atoms. The summed E-state index contributed by atoms with van der Waals surface area (Å²) in [6, 6.07) is 13.3. The van der Waals surface area contributed by atoms with E-state index in [2.05, 4.69) is 9.71 Å². The van der Waals surface area contributed by atoms with Crippen molar-refractivity contribution in [2.45, 2.75) is 12.8 Å². The van der Waals surface area contributed by atoms with E-state index in [9.17, 15) is 8.42 Å². The average molecular weight is 402 g/mol. The van der Waals surface area contributed by atoms with Gasteiger partial charge in [0.05, 0.1) is 12.4 Å². The molecule has 0 saturated heterocycles. The molecule has 0 atom stereocenters. The lowest BCUT2D eigenvalue weighted by Gasteiger charge is -2.08. The Morgan fingerprint density at radius 3 is 2.89 bits per heavy atom. The average Bonchev–Trinajstić information content (AvgIpc) is 3.32. The molecule has 0 radical (unpaired) electrons. The minimum Gasteiger partial charge on any atom is -0.493 e. The Morgan fingerprint density at radius 2 is 1.96 bits per heavy atom. The zero-order valence-electron chi connectivity index (χ0n) is 15.3. The molecule has 2 aromatic carbocycles. The van der Waals surface area contributed by atoms with E-state index in [0.29, 0.717) is 43.2 Å². The van der Waals surface area contributed by atoms with Gasteiger partial charge in [0, 0.05) is 29.7 Å². The summed E-state index contributed by atoms with van der Waals surface area (Å²) in [5, 5.41) is 1.12. The first-order valence-corrected chi connectivity index (χ1v) is 10.8. The number of sulfonamides is 1. The van der Waals surface area contributed by atoms with Crippen LogP contribution in [0.2, 0.25) is 0 Å². The smallest absolute Gasteiger partial charge is 0.231 e. The third-order valence-electron chi connectivity index (χ3n) is 4.56. The number of aromatic nitrogens is 1. The van der Waals surface area contributed by atoms with E-state index in [0.717, 1.165) is 16.5 Å². The maximum atomic E-state index is 12.2. The van der Waals surface area contributed by atoms with Crippen LogP contribution < -0.4 is 18.9 Å². The Morgan fingerprint density at radius 1 is 1.11 bits per heavy atom. The number of H-pyrrole nitrogens is 1. The van der Waals surface area contributed by atoms with Crippen molar-refractivity contribution in [3.05, 3.63) is 54.2 Å². The van der Waals surface area contributed by atoms with Crippen LogP contribution in [0.25, 0.3) is 10.9 Å². The Labute approximate surface area is 163 Å². The van der Waals surface area contributed by atoms with Crippen LogP contribution in [0.4, 0.5) is 0 Å². The molecule has 7 nitrogen and oxygen atoms in total. The van der Waals surface area contributed by atoms with Crippen LogP contribution in [0.1, 0.15) is 12.0 Å². The number of para-hydroxylation sites is 1. The largest absolute Gasteiger partial charge is 0.493 e. The van der Waals surface area contributed by atoms with Gasteiger partial charge in [-0.1, -0.05) is 18.2 Å². The van der Waals surface area contributed by atoms with Crippen LogP contribution >= 0.6 is 0 Å². The zero-order valence-corrected chi connectivity index (χ0v) is 16.1. The predicted octanol–water partition coefficient (Wildman–Crippen LogP) is 2.83. The van der Waals surface area contributed by atoms with Crippen LogP contribution in [0.15, 0.2) is 48.7 Å². The maximum absolute atomic E-state index is 12.2. The van der Waals surface area contributed by atoms with Gasteiger partial charge in [-0.15, -0.1) is 0 Å². The molecular weight excluding hydrogens is 380 g/mol. The molecule has 1 aliphatic rings. The van der Waals surface area contributed by atoms with Crippen molar-refractivity contribution >= 4 is 20.9 Å². The van der Waals surface area contributed by atoms with E-state index in [1.54, 1.807) is 18.2 Å². The molecule has 0 spiro atoms. The standard InChI is InChI=1S/C20H22N2O5S/c23-28(24,22-9-8-15-13-21-18-5-2-1-4-17(15)18)11-3-10-25-16-6-7-19-20(12-16)27-14-26-19/h1-2,4-7,12-13,21-22H,3,8-11,14H2. The van der Waals surface area contributed by atoms with E-state index in [4.69, 9.17) is 14.2 Å². The van der Waals surface area contributed by atoms with Crippen LogP contribution in [-0.4, -0.2) is 39.1 Å². The lowest BCUT2D eigenvalue weighted by atomic mass is 10.1. The van der Waals surface area contributed by atoms with Crippen molar-refractivity contribution in [2.75, 3.05) is 25.7 Å². The summed E-state index contributed by atoms with van der Waals surface area (Å²) in [5.41, 5.74) is 2.16. The summed E-state index contributed by atoms with van der Waals surface area (Å²) in [6.07, 6.45) is 2.96. The molecule has 28 heavy (non-hydrogen) atoms. The molecule has 148 valence electrons. The molecule has 0 unspecified atom stereocenters. The minimum atomic E-state index is -3.34. The molecule has 1 aliphatic heterocycles. The fourth-order valence-electron chi connectivity index (χ4n) is 3.16. The van der Waals surface area contributed by atoms with Crippen LogP contribution in [0.3, 0.4) is 0 Å². The Kier molecular flexibility index (Phi) is 5.40. The first-order valence-electron chi connectivity index (χ1n) is 9.15. The van der Waals surface area contributed by atoms with Gasteiger partial charge in [-0.05, 0) is 36.6 Å². The van der Waals surface area contributed by atoms with Gasteiger partial charge in [0.2, 0.25) is 16.8 Å². The SMILES string of the molecule is O=S(=O)(CCCOc1ccc2c(c1)OCO2)NCCc1c[nH]c2ccccc12. The Bertz CT molecular complexity index is 1060. The summed E-state index contributed by atoms with van der Waals surface area (Å²) in [6.45, 7) is 0.886. The minimum absolute atomic E-state index is 0.0193. The van der Waals surface area contributed by atoms with E-state index in [1.807, 2.05) is 30.5 Å². The summed E-state index contributed by atoms with van der Waals surface area (Å²) < 4.78 is 43.2. The van der Waals surface area contributed by atoms with Crippen molar-refractivity contribution in [2.24, 2.45) is 0 Å². The van der Waals surface area contributed by atoms with Gasteiger partial charge in [0.1, 0.15) is 5.75 Å². The number of rotatable bonds is 9. The van der Waals surface area contributed by atoms with Crippen LogP contribution in [0.5, 0.6) is 17.2 Å². The number of aromatic amines is 1. The molecule has 1 aromatic heterocycles. The highest BCUT2D eigenvalue weighted by Crippen LogP contribution is 2.35. The molecule has 8 heteroatoms. The van der Waals surface area contributed by atoms with Gasteiger partial charge < -0.3 is 19.2 Å². The fraction of sp³-hybridized carbons (Fsp3) is 0.300. The number of nitrogens with one attached hydrogen (secondary N) is 2. The first-order chi connectivity index (χ1) is 13.6. The van der Waals surface area contributed by atoms with Crippen LogP contribution in [-0.2, 0) is 16.4 Å². The van der Waals surface area contributed by atoms with Gasteiger partial charge in [0.25, 0.3) is 0 Å².